The molecule has 12 heavy (non-hydrogen) atoms. The summed E-state index contributed by atoms with van der Waals surface area (Å²) in [6, 6.07) is 0. The van der Waals surface area contributed by atoms with E-state index < -0.39 is 0 Å². The fourth-order valence-electron chi connectivity index (χ4n) is 1.14. The average molecular weight is 168 g/mol. The summed E-state index contributed by atoms with van der Waals surface area (Å²) < 4.78 is 5.24. The lowest BCUT2D eigenvalue weighted by atomic mass is 10.1. The highest BCUT2D eigenvalue weighted by molar-refractivity contribution is 4.78. The number of rotatable bonds is 5. The van der Waals surface area contributed by atoms with Crippen molar-refractivity contribution in [3.05, 3.63) is 11.8 Å². The van der Waals surface area contributed by atoms with Crippen LogP contribution in [0, 0.1) is 6.92 Å². The Balaban J connectivity index is 2.15. The van der Waals surface area contributed by atoms with Crippen LogP contribution in [0.2, 0.25) is 0 Å². The minimum Gasteiger partial charge on any atom is -0.426 e. The zero-order valence-corrected chi connectivity index (χ0v) is 7.84. The van der Waals surface area contributed by atoms with E-state index in [2.05, 4.69) is 17.1 Å². The summed E-state index contributed by atoms with van der Waals surface area (Å²) in [5, 5.41) is 7.70. The molecule has 0 N–H and O–H groups in total. The highest BCUT2D eigenvalue weighted by Crippen LogP contribution is 2.06. The van der Waals surface area contributed by atoms with Gasteiger partial charge in [-0.1, -0.05) is 26.2 Å². The summed E-state index contributed by atoms with van der Waals surface area (Å²) in [7, 11) is 0. The zero-order valence-electron chi connectivity index (χ0n) is 7.84. The lowest BCUT2D eigenvalue weighted by Gasteiger charge is -1.94. The molecule has 68 valence electrons. The van der Waals surface area contributed by atoms with Gasteiger partial charge in [-0.25, -0.2) is 0 Å². The fraction of sp³-hybridized carbons (Fsp3) is 0.778. The van der Waals surface area contributed by atoms with Crippen molar-refractivity contribution in [1.29, 1.82) is 0 Å². The number of hydrogen-bond donors (Lipinski definition) is 0. The SMILES string of the molecule is CCCCCCc1nnc(C)o1. The minimum atomic E-state index is 0.667. The van der Waals surface area contributed by atoms with E-state index in [1.807, 2.05) is 6.92 Å². The second kappa shape index (κ2) is 4.91. The van der Waals surface area contributed by atoms with Crippen molar-refractivity contribution in [2.75, 3.05) is 0 Å². The maximum absolute atomic E-state index is 5.24. The first-order chi connectivity index (χ1) is 5.83. The third kappa shape index (κ3) is 3.03. The van der Waals surface area contributed by atoms with Crippen molar-refractivity contribution in [1.82, 2.24) is 10.2 Å². The van der Waals surface area contributed by atoms with Crippen molar-refractivity contribution in [3.63, 3.8) is 0 Å². The summed E-state index contributed by atoms with van der Waals surface area (Å²) in [5.74, 6) is 1.45. The quantitative estimate of drug-likeness (QED) is 0.634. The summed E-state index contributed by atoms with van der Waals surface area (Å²) in [6.45, 7) is 4.03. The van der Waals surface area contributed by atoms with Gasteiger partial charge in [-0.15, -0.1) is 10.2 Å². The van der Waals surface area contributed by atoms with Crippen LogP contribution in [0.5, 0.6) is 0 Å². The maximum Gasteiger partial charge on any atom is 0.216 e. The molecule has 1 rings (SSSR count). The van der Waals surface area contributed by atoms with Gasteiger partial charge < -0.3 is 4.42 Å². The first-order valence-corrected chi connectivity index (χ1v) is 4.62. The molecule has 3 heteroatoms. The van der Waals surface area contributed by atoms with Crippen LogP contribution in [-0.4, -0.2) is 10.2 Å². The molecule has 0 fully saturated rings. The zero-order chi connectivity index (χ0) is 8.81. The van der Waals surface area contributed by atoms with E-state index in [0.717, 1.165) is 18.7 Å². The van der Waals surface area contributed by atoms with E-state index in [9.17, 15) is 0 Å². The lowest BCUT2D eigenvalue weighted by molar-refractivity contribution is 0.457. The van der Waals surface area contributed by atoms with E-state index in [0.29, 0.717) is 5.89 Å². The lowest BCUT2D eigenvalue weighted by Crippen LogP contribution is -1.85. The summed E-state index contributed by atoms with van der Waals surface area (Å²) in [5.41, 5.74) is 0. The monoisotopic (exact) mass is 168 g/mol. The molecule has 3 nitrogen and oxygen atoms in total. The number of hydrogen-bond acceptors (Lipinski definition) is 3. The van der Waals surface area contributed by atoms with Crippen LogP contribution >= 0.6 is 0 Å². The normalized spacial score (nSPS) is 10.5. The smallest absolute Gasteiger partial charge is 0.216 e. The standard InChI is InChI=1S/C9H16N2O/c1-3-4-5-6-7-9-11-10-8(2)12-9/h3-7H2,1-2H3. The Morgan fingerprint density at radius 3 is 2.58 bits per heavy atom. The predicted octanol–water partition coefficient (Wildman–Crippen LogP) is 2.50. The molecule has 0 radical (unpaired) electrons. The molecule has 0 saturated heterocycles. The predicted molar refractivity (Wildman–Crippen MR) is 46.9 cm³/mol. The first kappa shape index (κ1) is 9.23. The summed E-state index contributed by atoms with van der Waals surface area (Å²) in [4.78, 5) is 0. The van der Waals surface area contributed by atoms with Gasteiger partial charge in [0.2, 0.25) is 11.8 Å². The third-order valence-electron chi connectivity index (χ3n) is 1.81. The molecule has 1 heterocycles. The van der Waals surface area contributed by atoms with Crippen molar-refractivity contribution < 1.29 is 4.42 Å². The second-order valence-electron chi connectivity index (χ2n) is 3.03. The van der Waals surface area contributed by atoms with Crippen molar-refractivity contribution in [3.8, 4) is 0 Å². The molecule has 0 amide bonds. The minimum absolute atomic E-state index is 0.667. The highest BCUT2D eigenvalue weighted by Gasteiger charge is 2.00. The van der Waals surface area contributed by atoms with Gasteiger partial charge in [-0.3, -0.25) is 0 Å². The molecule has 0 saturated carbocycles. The van der Waals surface area contributed by atoms with E-state index in [4.69, 9.17) is 4.42 Å². The molecule has 0 unspecified atom stereocenters. The topological polar surface area (TPSA) is 38.9 Å². The van der Waals surface area contributed by atoms with Crippen LogP contribution in [0.4, 0.5) is 0 Å². The van der Waals surface area contributed by atoms with Crippen molar-refractivity contribution in [2.24, 2.45) is 0 Å². The Morgan fingerprint density at radius 1 is 1.17 bits per heavy atom. The van der Waals surface area contributed by atoms with E-state index >= 15 is 0 Å². The van der Waals surface area contributed by atoms with Crippen LogP contribution in [0.3, 0.4) is 0 Å². The average Bonchev–Trinajstić information content (AvgIpc) is 2.45. The number of aromatic nitrogens is 2. The van der Waals surface area contributed by atoms with Gasteiger partial charge in [0.15, 0.2) is 0 Å². The van der Waals surface area contributed by atoms with E-state index in [1.54, 1.807) is 0 Å². The Labute approximate surface area is 73.2 Å². The van der Waals surface area contributed by atoms with E-state index in [1.165, 1.54) is 19.3 Å². The second-order valence-corrected chi connectivity index (χ2v) is 3.03. The molecule has 1 aromatic rings. The maximum atomic E-state index is 5.24. The number of nitrogens with zero attached hydrogens (tertiary/aromatic N) is 2. The fourth-order valence-corrected chi connectivity index (χ4v) is 1.14. The highest BCUT2D eigenvalue weighted by atomic mass is 16.4. The third-order valence-corrected chi connectivity index (χ3v) is 1.81. The van der Waals surface area contributed by atoms with Crippen LogP contribution in [0.25, 0.3) is 0 Å². The Bertz CT molecular complexity index is 220. The molecule has 0 aliphatic heterocycles. The number of aryl methyl sites for hydroxylation is 2. The van der Waals surface area contributed by atoms with Gasteiger partial charge in [0.1, 0.15) is 0 Å². The van der Waals surface area contributed by atoms with Gasteiger partial charge in [-0.05, 0) is 6.42 Å². The Hall–Kier alpha value is -0.860. The molecule has 0 aliphatic rings. The Morgan fingerprint density at radius 2 is 2.00 bits per heavy atom. The molecule has 0 atom stereocenters. The van der Waals surface area contributed by atoms with Gasteiger partial charge in [0.05, 0.1) is 0 Å². The van der Waals surface area contributed by atoms with Gasteiger partial charge in [0, 0.05) is 13.3 Å². The molecule has 1 aromatic heterocycles. The summed E-state index contributed by atoms with van der Waals surface area (Å²) in [6.07, 6.45) is 5.92. The van der Waals surface area contributed by atoms with Crippen LogP contribution in [-0.2, 0) is 6.42 Å². The van der Waals surface area contributed by atoms with Crippen LogP contribution < -0.4 is 0 Å². The van der Waals surface area contributed by atoms with Gasteiger partial charge >= 0.3 is 0 Å². The molecule has 0 spiro atoms. The van der Waals surface area contributed by atoms with Gasteiger partial charge in [-0.2, -0.15) is 0 Å². The molecule has 0 bridgehead atoms. The molecule has 0 aromatic carbocycles. The number of unbranched alkanes of at least 4 members (excludes halogenated alkanes) is 3. The van der Waals surface area contributed by atoms with Crippen molar-refractivity contribution >= 4 is 0 Å². The largest absolute Gasteiger partial charge is 0.426 e. The van der Waals surface area contributed by atoms with Crippen LogP contribution in [0.15, 0.2) is 4.42 Å². The van der Waals surface area contributed by atoms with Crippen molar-refractivity contribution in [2.45, 2.75) is 46.0 Å². The summed E-state index contributed by atoms with van der Waals surface area (Å²) >= 11 is 0. The molecular weight excluding hydrogens is 152 g/mol. The van der Waals surface area contributed by atoms with E-state index in [-0.39, 0.29) is 0 Å². The first-order valence-electron chi connectivity index (χ1n) is 4.62. The molecular formula is C9H16N2O. The van der Waals surface area contributed by atoms with Gasteiger partial charge in [0.25, 0.3) is 0 Å². The Kier molecular flexibility index (Phi) is 3.77. The molecule has 0 aliphatic carbocycles. The van der Waals surface area contributed by atoms with Crippen LogP contribution in [0.1, 0.15) is 44.4 Å².